The molecule has 0 saturated carbocycles. The Kier molecular flexibility index (Phi) is 5.23. The number of aryl methyl sites for hydroxylation is 1. The maximum atomic E-state index is 13.0. The fourth-order valence-electron chi connectivity index (χ4n) is 4.45. The Labute approximate surface area is 186 Å². The Balaban J connectivity index is 1.62. The molecule has 0 spiro atoms. The van der Waals surface area contributed by atoms with Crippen molar-refractivity contribution in [2.75, 3.05) is 14.2 Å². The Morgan fingerprint density at radius 2 is 1.78 bits per heavy atom. The van der Waals surface area contributed by atoms with Gasteiger partial charge in [0.25, 0.3) is 0 Å². The molecule has 0 bridgehead atoms. The second-order valence-corrected chi connectivity index (χ2v) is 8.29. The first kappa shape index (κ1) is 20.4. The topological polar surface area (TPSA) is 65.7 Å². The Morgan fingerprint density at radius 3 is 2.47 bits per heavy atom. The highest BCUT2D eigenvalue weighted by atomic mass is 16.5. The smallest absolute Gasteiger partial charge is 0.166 e. The first-order valence-corrected chi connectivity index (χ1v) is 10.7. The number of methoxy groups -OCH3 is 2. The van der Waals surface area contributed by atoms with Crippen molar-refractivity contribution in [3.8, 4) is 16.9 Å². The summed E-state index contributed by atoms with van der Waals surface area (Å²) >= 11 is 0. The van der Waals surface area contributed by atoms with E-state index in [2.05, 4.69) is 31.2 Å². The summed E-state index contributed by atoms with van der Waals surface area (Å²) in [5, 5.41) is 4.70. The number of ketones is 1. The van der Waals surface area contributed by atoms with Crippen LogP contribution in [-0.4, -0.2) is 34.6 Å². The van der Waals surface area contributed by atoms with Crippen LogP contribution in [0.15, 0.2) is 54.7 Å². The average molecular weight is 428 g/mol. The van der Waals surface area contributed by atoms with Gasteiger partial charge in [0.05, 0.1) is 36.2 Å². The van der Waals surface area contributed by atoms with Gasteiger partial charge in [-0.15, -0.1) is 0 Å². The number of hydrogen-bond donors (Lipinski definition) is 0. The van der Waals surface area contributed by atoms with Gasteiger partial charge < -0.3 is 9.47 Å². The van der Waals surface area contributed by atoms with E-state index in [1.165, 1.54) is 11.1 Å². The highest BCUT2D eigenvalue weighted by Gasteiger charge is 2.29. The zero-order chi connectivity index (χ0) is 22.2. The predicted octanol–water partition coefficient (Wildman–Crippen LogP) is 4.77. The molecule has 0 radical (unpaired) electrons. The van der Waals surface area contributed by atoms with Crippen LogP contribution < -0.4 is 4.74 Å². The lowest BCUT2D eigenvalue weighted by Crippen LogP contribution is -2.21. The zero-order valence-corrected chi connectivity index (χ0v) is 18.5. The number of nitrogens with zero attached hydrogens (tertiary/aromatic N) is 3. The molecular formula is C26H25N3O3. The van der Waals surface area contributed by atoms with Gasteiger partial charge in [-0.2, -0.15) is 5.10 Å². The van der Waals surface area contributed by atoms with Crippen molar-refractivity contribution < 1.29 is 14.3 Å². The van der Waals surface area contributed by atoms with Crippen LogP contribution in [0, 0.1) is 6.92 Å². The molecule has 0 fully saturated rings. The van der Waals surface area contributed by atoms with E-state index in [1.807, 2.05) is 30.5 Å². The number of aromatic nitrogens is 3. The lowest BCUT2D eigenvalue weighted by Gasteiger charge is -2.23. The molecule has 0 saturated heterocycles. The highest BCUT2D eigenvalue weighted by Crippen LogP contribution is 2.35. The van der Waals surface area contributed by atoms with Crippen molar-refractivity contribution in [2.45, 2.75) is 32.3 Å². The van der Waals surface area contributed by atoms with Gasteiger partial charge in [-0.25, -0.2) is 9.50 Å². The van der Waals surface area contributed by atoms with E-state index < -0.39 is 0 Å². The van der Waals surface area contributed by atoms with Crippen LogP contribution in [0.3, 0.4) is 0 Å². The molecule has 0 aliphatic heterocycles. The number of Topliss-reactive ketones (excluding diaryl/α,β-unsaturated/α-hetero) is 1. The van der Waals surface area contributed by atoms with Crippen LogP contribution in [0.2, 0.25) is 0 Å². The zero-order valence-electron chi connectivity index (χ0n) is 18.5. The lowest BCUT2D eigenvalue weighted by molar-refractivity contribution is 0.0962. The molecule has 6 heteroatoms. The summed E-state index contributed by atoms with van der Waals surface area (Å²) in [5.74, 6) is 1.03. The van der Waals surface area contributed by atoms with Crippen molar-refractivity contribution in [1.29, 1.82) is 0 Å². The summed E-state index contributed by atoms with van der Waals surface area (Å²) in [6, 6.07) is 16.3. The van der Waals surface area contributed by atoms with Crippen molar-refractivity contribution in [2.24, 2.45) is 0 Å². The number of fused-ring (bicyclic) bond motifs is 2. The van der Waals surface area contributed by atoms with E-state index in [-0.39, 0.29) is 11.7 Å². The van der Waals surface area contributed by atoms with Gasteiger partial charge in [-0.3, -0.25) is 4.79 Å². The normalized spacial score (nSPS) is 15.7. The van der Waals surface area contributed by atoms with Crippen LogP contribution in [-0.2, 0) is 17.8 Å². The summed E-state index contributed by atoms with van der Waals surface area (Å²) in [6.45, 7) is 2.43. The fourth-order valence-corrected chi connectivity index (χ4v) is 4.45. The van der Waals surface area contributed by atoms with Crippen molar-refractivity contribution in [3.05, 3.63) is 82.8 Å². The minimum Gasteiger partial charge on any atom is -0.497 e. The minimum absolute atomic E-state index is 0.112. The van der Waals surface area contributed by atoms with Gasteiger partial charge in [0.2, 0.25) is 0 Å². The van der Waals surface area contributed by atoms with Gasteiger partial charge >= 0.3 is 0 Å². The number of hydrogen-bond acceptors (Lipinski definition) is 5. The van der Waals surface area contributed by atoms with E-state index >= 15 is 0 Å². The number of carbonyl (C=O) groups excluding carboxylic acids is 1. The standard InChI is InChI=1S/C26H25N3O3/c1-16-4-6-17(7-5-16)19-12-22-21(24(30)13-19)14-29-26(27-22)25(23(28-29)15-31-2)18-8-10-20(32-3)11-9-18/h4-11,14,19H,12-13,15H2,1-3H3. The van der Waals surface area contributed by atoms with Crippen LogP contribution >= 0.6 is 0 Å². The predicted molar refractivity (Wildman–Crippen MR) is 122 cm³/mol. The Morgan fingerprint density at radius 1 is 1.03 bits per heavy atom. The first-order chi connectivity index (χ1) is 15.6. The van der Waals surface area contributed by atoms with E-state index in [4.69, 9.17) is 19.6 Å². The number of ether oxygens (including phenoxy) is 2. The van der Waals surface area contributed by atoms with E-state index in [1.54, 1.807) is 18.7 Å². The first-order valence-electron chi connectivity index (χ1n) is 10.7. The van der Waals surface area contributed by atoms with E-state index in [0.717, 1.165) is 40.3 Å². The molecule has 2 aromatic heterocycles. The molecule has 2 heterocycles. The molecular weight excluding hydrogens is 402 g/mol. The summed E-state index contributed by atoms with van der Waals surface area (Å²) in [4.78, 5) is 18.0. The summed E-state index contributed by atoms with van der Waals surface area (Å²) in [7, 11) is 3.30. The van der Waals surface area contributed by atoms with E-state index in [0.29, 0.717) is 18.6 Å². The maximum absolute atomic E-state index is 13.0. The largest absolute Gasteiger partial charge is 0.497 e. The fraction of sp³-hybridized carbons (Fsp3) is 0.269. The molecule has 5 rings (SSSR count). The molecule has 1 aliphatic carbocycles. The molecule has 2 aromatic carbocycles. The molecule has 0 N–H and O–H groups in total. The van der Waals surface area contributed by atoms with Gasteiger partial charge in [-0.05, 0) is 42.5 Å². The van der Waals surface area contributed by atoms with Gasteiger partial charge in [0.1, 0.15) is 5.75 Å². The van der Waals surface area contributed by atoms with Crippen LogP contribution in [0.25, 0.3) is 16.8 Å². The molecule has 32 heavy (non-hydrogen) atoms. The SMILES string of the molecule is COCc1nn2cc3c(nc2c1-c1ccc(OC)cc1)CC(c1ccc(C)cc1)CC3=O. The van der Waals surface area contributed by atoms with Crippen molar-refractivity contribution in [3.63, 3.8) is 0 Å². The third-order valence-corrected chi connectivity index (χ3v) is 6.14. The molecule has 4 aromatic rings. The van der Waals surface area contributed by atoms with Crippen LogP contribution in [0.4, 0.5) is 0 Å². The molecule has 6 nitrogen and oxygen atoms in total. The van der Waals surface area contributed by atoms with Gasteiger partial charge in [0.15, 0.2) is 11.4 Å². The molecule has 1 atom stereocenters. The third-order valence-electron chi connectivity index (χ3n) is 6.14. The molecule has 162 valence electrons. The minimum atomic E-state index is 0.112. The maximum Gasteiger partial charge on any atom is 0.166 e. The second-order valence-electron chi connectivity index (χ2n) is 8.29. The second kappa shape index (κ2) is 8.20. The average Bonchev–Trinajstić information content (AvgIpc) is 3.15. The number of benzene rings is 2. The van der Waals surface area contributed by atoms with E-state index in [9.17, 15) is 4.79 Å². The number of carbonyl (C=O) groups is 1. The van der Waals surface area contributed by atoms with Crippen LogP contribution in [0.5, 0.6) is 5.75 Å². The monoisotopic (exact) mass is 427 g/mol. The Bertz CT molecular complexity index is 1290. The highest BCUT2D eigenvalue weighted by molar-refractivity contribution is 5.99. The summed E-state index contributed by atoms with van der Waals surface area (Å²) < 4.78 is 12.4. The third kappa shape index (κ3) is 3.56. The van der Waals surface area contributed by atoms with Gasteiger partial charge in [-0.1, -0.05) is 42.0 Å². The molecule has 1 aliphatic rings. The van der Waals surface area contributed by atoms with Crippen LogP contribution in [0.1, 0.15) is 45.2 Å². The van der Waals surface area contributed by atoms with Crippen molar-refractivity contribution in [1.82, 2.24) is 14.6 Å². The summed E-state index contributed by atoms with van der Waals surface area (Å²) in [6.07, 6.45) is 3.05. The quantitative estimate of drug-likeness (QED) is 0.459. The summed E-state index contributed by atoms with van der Waals surface area (Å²) in [5.41, 5.74) is 7.31. The van der Waals surface area contributed by atoms with Crippen molar-refractivity contribution >= 4 is 11.4 Å². The number of rotatable bonds is 5. The molecule has 0 amide bonds. The molecule has 1 unspecified atom stereocenters. The van der Waals surface area contributed by atoms with Gasteiger partial charge in [0, 0.05) is 19.7 Å². The lowest BCUT2D eigenvalue weighted by atomic mass is 9.82. The Hall–Kier alpha value is -3.51.